The van der Waals surface area contributed by atoms with Crippen molar-refractivity contribution >= 4 is 11.9 Å². The Morgan fingerprint density at radius 2 is 2.30 bits per heavy atom. The normalized spacial score (nSPS) is 22.4. The molecule has 1 aromatic heterocycles. The molecular weight excluding hydrogens is 260 g/mol. The van der Waals surface area contributed by atoms with E-state index >= 15 is 0 Å². The lowest BCUT2D eigenvalue weighted by Crippen LogP contribution is -2.49. The molecule has 2 N–H and O–H groups in total. The number of carbonyl (C=O) groups is 2. The molecule has 1 aliphatic heterocycles. The van der Waals surface area contributed by atoms with Crippen LogP contribution in [0.15, 0.2) is 23.0 Å². The minimum absolute atomic E-state index is 0.0741. The number of rotatable bonds is 5. The highest BCUT2D eigenvalue weighted by Gasteiger charge is 2.31. The molecule has 0 bridgehead atoms. The molecule has 0 spiro atoms. The molecule has 0 radical (unpaired) electrons. The second-order valence-electron chi connectivity index (χ2n) is 5.06. The van der Waals surface area contributed by atoms with Crippen molar-refractivity contribution in [2.75, 3.05) is 13.1 Å². The first kappa shape index (κ1) is 14.6. The fourth-order valence-corrected chi connectivity index (χ4v) is 2.48. The molecule has 20 heavy (non-hydrogen) atoms. The number of aliphatic carboxylic acids is 1. The minimum atomic E-state index is -0.846. The van der Waals surface area contributed by atoms with Crippen LogP contribution in [0.2, 0.25) is 0 Å². The van der Waals surface area contributed by atoms with Crippen LogP contribution in [0.3, 0.4) is 0 Å². The molecule has 1 aliphatic rings. The minimum Gasteiger partial charge on any atom is -0.480 e. The van der Waals surface area contributed by atoms with Crippen molar-refractivity contribution in [3.05, 3.63) is 24.2 Å². The van der Waals surface area contributed by atoms with Gasteiger partial charge < -0.3 is 19.7 Å². The molecule has 1 saturated heterocycles. The van der Waals surface area contributed by atoms with Crippen LogP contribution in [0.5, 0.6) is 0 Å². The number of carboxylic acids is 1. The number of piperidine rings is 1. The Bertz CT molecular complexity index is 450. The van der Waals surface area contributed by atoms with Gasteiger partial charge in [0.2, 0.25) is 5.91 Å². The van der Waals surface area contributed by atoms with Crippen molar-refractivity contribution in [1.29, 1.82) is 0 Å². The van der Waals surface area contributed by atoms with Gasteiger partial charge in [-0.1, -0.05) is 0 Å². The number of amides is 1. The lowest BCUT2D eigenvalue weighted by atomic mass is 9.93. The standard InChI is InChI=1S/C14H20N2O4/c1-2-16(8-10-5-6-20-9-10)13(17)11-3-4-12(14(18)19)15-7-11/h5-6,9,11-12,15H,2-4,7-8H2,1H3,(H,18,19)/t11-,12-/m0/s1. The summed E-state index contributed by atoms with van der Waals surface area (Å²) in [5, 5.41) is 11.8. The zero-order chi connectivity index (χ0) is 14.5. The van der Waals surface area contributed by atoms with E-state index in [9.17, 15) is 9.59 Å². The molecule has 2 rings (SSSR count). The zero-order valence-corrected chi connectivity index (χ0v) is 11.5. The van der Waals surface area contributed by atoms with E-state index < -0.39 is 12.0 Å². The average molecular weight is 280 g/mol. The van der Waals surface area contributed by atoms with Crippen LogP contribution in [0, 0.1) is 5.92 Å². The smallest absolute Gasteiger partial charge is 0.320 e. The molecule has 0 aromatic carbocycles. The molecule has 2 heterocycles. The summed E-state index contributed by atoms with van der Waals surface area (Å²) in [5.74, 6) is -0.913. The van der Waals surface area contributed by atoms with E-state index in [4.69, 9.17) is 9.52 Å². The van der Waals surface area contributed by atoms with Gasteiger partial charge in [0.15, 0.2) is 0 Å². The van der Waals surface area contributed by atoms with Crippen LogP contribution >= 0.6 is 0 Å². The Balaban J connectivity index is 1.91. The fourth-order valence-electron chi connectivity index (χ4n) is 2.48. The van der Waals surface area contributed by atoms with E-state index in [0.29, 0.717) is 32.5 Å². The molecule has 1 aromatic rings. The molecule has 0 unspecified atom stereocenters. The van der Waals surface area contributed by atoms with Gasteiger partial charge in [0.25, 0.3) is 0 Å². The molecule has 6 heteroatoms. The summed E-state index contributed by atoms with van der Waals surface area (Å²) < 4.78 is 5.01. The number of hydrogen-bond donors (Lipinski definition) is 2. The third kappa shape index (κ3) is 3.39. The van der Waals surface area contributed by atoms with Crippen molar-refractivity contribution < 1.29 is 19.1 Å². The highest BCUT2D eigenvalue weighted by molar-refractivity contribution is 5.80. The molecular formula is C14H20N2O4. The number of carbonyl (C=O) groups excluding carboxylic acids is 1. The first-order chi connectivity index (χ1) is 9.61. The van der Waals surface area contributed by atoms with Gasteiger partial charge in [-0.25, -0.2) is 0 Å². The Hall–Kier alpha value is -1.82. The zero-order valence-electron chi connectivity index (χ0n) is 11.5. The van der Waals surface area contributed by atoms with E-state index in [1.54, 1.807) is 17.4 Å². The maximum Gasteiger partial charge on any atom is 0.320 e. The third-order valence-corrected chi connectivity index (χ3v) is 3.71. The van der Waals surface area contributed by atoms with Crippen LogP contribution in [-0.2, 0) is 16.1 Å². The fraction of sp³-hybridized carbons (Fsp3) is 0.571. The Morgan fingerprint density at radius 3 is 2.80 bits per heavy atom. The second-order valence-corrected chi connectivity index (χ2v) is 5.06. The van der Waals surface area contributed by atoms with Gasteiger partial charge >= 0.3 is 5.97 Å². The van der Waals surface area contributed by atoms with Gasteiger partial charge in [-0.15, -0.1) is 0 Å². The summed E-state index contributed by atoms with van der Waals surface area (Å²) >= 11 is 0. The predicted molar refractivity (Wildman–Crippen MR) is 71.9 cm³/mol. The number of furan rings is 1. The van der Waals surface area contributed by atoms with Crippen molar-refractivity contribution in [3.8, 4) is 0 Å². The summed E-state index contributed by atoms with van der Waals surface area (Å²) in [7, 11) is 0. The second kappa shape index (κ2) is 6.56. The lowest BCUT2D eigenvalue weighted by molar-refractivity contribution is -0.143. The van der Waals surface area contributed by atoms with Crippen molar-refractivity contribution in [3.63, 3.8) is 0 Å². The summed E-state index contributed by atoms with van der Waals surface area (Å²) in [5.41, 5.74) is 0.965. The van der Waals surface area contributed by atoms with Crippen LogP contribution in [0.25, 0.3) is 0 Å². The summed E-state index contributed by atoms with van der Waals surface area (Å²) in [4.78, 5) is 25.1. The monoisotopic (exact) mass is 280 g/mol. The highest BCUT2D eigenvalue weighted by Crippen LogP contribution is 2.18. The number of hydrogen-bond acceptors (Lipinski definition) is 4. The average Bonchev–Trinajstić information content (AvgIpc) is 2.97. The van der Waals surface area contributed by atoms with Crippen molar-refractivity contribution in [2.45, 2.75) is 32.4 Å². The van der Waals surface area contributed by atoms with Crippen LogP contribution in [-0.4, -0.2) is 41.0 Å². The molecule has 0 saturated carbocycles. The molecule has 0 aliphatic carbocycles. The molecule has 6 nitrogen and oxygen atoms in total. The quantitative estimate of drug-likeness (QED) is 0.843. The number of nitrogens with one attached hydrogen (secondary N) is 1. The van der Waals surface area contributed by atoms with Gasteiger partial charge in [0.05, 0.1) is 18.4 Å². The largest absolute Gasteiger partial charge is 0.480 e. The Morgan fingerprint density at radius 1 is 1.50 bits per heavy atom. The first-order valence-electron chi connectivity index (χ1n) is 6.87. The van der Waals surface area contributed by atoms with Gasteiger partial charge in [-0.3, -0.25) is 9.59 Å². The van der Waals surface area contributed by atoms with E-state index in [-0.39, 0.29) is 11.8 Å². The molecule has 1 amide bonds. The highest BCUT2D eigenvalue weighted by atomic mass is 16.4. The summed E-state index contributed by atoms with van der Waals surface area (Å²) in [6.07, 6.45) is 4.34. The van der Waals surface area contributed by atoms with Gasteiger partial charge in [-0.05, 0) is 25.8 Å². The summed E-state index contributed by atoms with van der Waals surface area (Å²) in [6.45, 7) is 3.53. The van der Waals surface area contributed by atoms with E-state index in [2.05, 4.69) is 5.32 Å². The van der Waals surface area contributed by atoms with Gasteiger partial charge in [-0.2, -0.15) is 0 Å². The van der Waals surface area contributed by atoms with Crippen LogP contribution in [0.1, 0.15) is 25.3 Å². The summed E-state index contributed by atoms with van der Waals surface area (Å²) in [6, 6.07) is 1.32. The topological polar surface area (TPSA) is 82.8 Å². The maximum absolute atomic E-state index is 12.4. The van der Waals surface area contributed by atoms with Gasteiger partial charge in [0.1, 0.15) is 6.04 Å². The van der Waals surface area contributed by atoms with E-state index in [0.717, 1.165) is 5.56 Å². The van der Waals surface area contributed by atoms with Gasteiger partial charge in [0, 0.05) is 25.2 Å². The van der Waals surface area contributed by atoms with E-state index in [1.165, 1.54) is 0 Å². The molecule has 2 atom stereocenters. The van der Waals surface area contributed by atoms with E-state index in [1.807, 2.05) is 13.0 Å². The van der Waals surface area contributed by atoms with Crippen LogP contribution < -0.4 is 5.32 Å². The lowest BCUT2D eigenvalue weighted by Gasteiger charge is -2.31. The van der Waals surface area contributed by atoms with Crippen LogP contribution in [0.4, 0.5) is 0 Å². The Labute approximate surface area is 117 Å². The third-order valence-electron chi connectivity index (χ3n) is 3.71. The Kier molecular flexibility index (Phi) is 4.79. The predicted octanol–water partition coefficient (Wildman–Crippen LogP) is 1.08. The first-order valence-corrected chi connectivity index (χ1v) is 6.87. The molecule has 1 fully saturated rings. The molecule has 110 valence electrons. The SMILES string of the molecule is CCN(Cc1ccoc1)C(=O)[C@H]1CC[C@@H](C(=O)O)NC1. The maximum atomic E-state index is 12.4. The van der Waals surface area contributed by atoms with Crippen molar-refractivity contribution in [1.82, 2.24) is 10.2 Å². The number of nitrogens with zero attached hydrogens (tertiary/aromatic N) is 1. The van der Waals surface area contributed by atoms with Crippen molar-refractivity contribution in [2.24, 2.45) is 5.92 Å². The number of carboxylic acid groups (broad SMARTS) is 1.